The highest BCUT2D eigenvalue weighted by Gasteiger charge is 2.15. The van der Waals surface area contributed by atoms with Gasteiger partial charge in [-0.3, -0.25) is 0 Å². The summed E-state index contributed by atoms with van der Waals surface area (Å²) in [6.07, 6.45) is 1.18. The standard InChI is InChI=1S/C17H20N2/c1-14-7-2-3-8-15(14)13-19-12-6-11-18-16-9-4-5-10-17(16)19/h2-5,7-10,18H,6,11-13H2,1H3. The molecule has 0 radical (unpaired) electrons. The molecule has 0 fully saturated rings. The first kappa shape index (κ1) is 12.1. The molecule has 19 heavy (non-hydrogen) atoms. The van der Waals surface area contributed by atoms with Crippen LogP contribution in [0.5, 0.6) is 0 Å². The van der Waals surface area contributed by atoms with Gasteiger partial charge in [-0.1, -0.05) is 36.4 Å². The smallest absolute Gasteiger partial charge is 0.0605 e. The molecule has 0 atom stereocenters. The van der Waals surface area contributed by atoms with Crippen molar-refractivity contribution >= 4 is 11.4 Å². The highest BCUT2D eigenvalue weighted by Crippen LogP contribution is 2.29. The molecule has 0 saturated carbocycles. The van der Waals surface area contributed by atoms with Crippen molar-refractivity contribution in [1.29, 1.82) is 0 Å². The Kier molecular flexibility index (Phi) is 3.41. The third kappa shape index (κ3) is 2.58. The predicted octanol–water partition coefficient (Wildman–Crippen LogP) is 3.82. The van der Waals surface area contributed by atoms with Crippen molar-refractivity contribution < 1.29 is 0 Å². The van der Waals surface area contributed by atoms with E-state index >= 15 is 0 Å². The highest BCUT2D eigenvalue weighted by molar-refractivity contribution is 5.70. The van der Waals surface area contributed by atoms with Crippen molar-refractivity contribution in [2.75, 3.05) is 23.3 Å². The maximum absolute atomic E-state index is 3.51. The molecule has 2 heteroatoms. The van der Waals surface area contributed by atoms with Gasteiger partial charge in [-0.05, 0) is 36.6 Å². The van der Waals surface area contributed by atoms with Gasteiger partial charge in [0, 0.05) is 19.6 Å². The van der Waals surface area contributed by atoms with Crippen molar-refractivity contribution in [3.05, 3.63) is 59.7 Å². The molecule has 0 amide bonds. The first-order valence-corrected chi connectivity index (χ1v) is 6.97. The van der Waals surface area contributed by atoms with Crippen LogP contribution in [0.3, 0.4) is 0 Å². The van der Waals surface area contributed by atoms with Crippen molar-refractivity contribution in [1.82, 2.24) is 0 Å². The molecule has 0 unspecified atom stereocenters. The van der Waals surface area contributed by atoms with Crippen LogP contribution in [0, 0.1) is 6.92 Å². The molecule has 1 heterocycles. The summed E-state index contributed by atoms with van der Waals surface area (Å²) < 4.78 is 0. The normalized spacial score (nSPS) is 14.5. The quantitative estimate of drug-likeness (QED) is 0.874. The van der Waals surface area contributed by atoms with E-state index in [1.165, 1.54) is 28.9 Å². The van der Waals surface area contributed by atoms with Gasteiger partial charge >= 0.3 is 0 Å². The fraction of sp³-hybridized carbons (Fsp3) is 0.294. The number of hydrogen-bond acceptors (Lipinski definition) is 2. The SMILES string of the molecule is Cc1ccccc1CN1CCCNc2ccccc21. The molecular formula is C17H20N2. The van der Waals surface area contributed by atoms with Gasteiger partial charge in [0.15, 0.2) is 0 Å². The summed E-state index contributed by atoms with van der Waals surface area (Å²) in [5, 5.41) is 3.51. The van der Waals surface area contributed by atoms with Gasteiger partial charge in [0.2, 0.25) is 0 Å². The lowest BCUT2D eigenvalue weighted by atomic mass is 10.1. The maximum atomic E-state index is 3.51. The molecule has 2 aromatic rings. The number of aryl methyl sites for hydroxylation is 1. The largest absolute Gasteiger partial charge is 0.383 e. The molecule has 0 saturated heterocycles. The molecule has 1 N–H and O–H groups in total. The van der Waals surface area contributed by atoms with E-state index in [1.54, 1.807) is 0 Å². The molecule has 2 nitrogen and oxygen atoms in total. The fourth-order valence-electron chi connectivity index (χ4n) is 2.67. The van der Waals surface area contributed by atoms with Crippen LogP contribution in [0.15, 0.2) is 48.5 Å². The van der Waals surface area contributed by atoms with E-state index in [4.69, 9.17) is 0 Å². The predicted molar refractivity (Wildman–Crippen MR) is 81.8 cm³/mol. The second kappa shape index (κ2) is 5.35. The zero-order valence-electron chi connectivity index (χ0n) is 11.4. The summed E-state index contributed by atoms with van der Waals surface area (Å²) in [5.74, 6) is 0. The second-order valence-corrected chi connectivity index (χ2v) is 5.15. The molecule has 1 aliphatic heterocycles. The molecule has 2 aromatic carbocycles. The van der Waals surface area contributed by atoms with Crippen molar-refractivity contribution in [3.8, 4) is 0 Å². The van der Waals surface area contributed by atoms with Crippen molar-refractivity contribution in [2.45, 2.75) is 19.9 Å². The Morgan fingerprint density at radius 1 is 1.05 bits per heavy atom. The van der Waals surface area contributed by atoms with Gasteiger partial charge in [0.1, 0.15) is 0 Å². The molecule has 0 aliphatic carbocycles. The summed E-state index contributed by atoms with van der Waals surface area (Å²) in [7, 11) is 0. The number of nitrogens with one attached hydrogen (secondary N) is 1. The minimum absolute atomic E-state index is 0.991. The van der Waals surface area contributed by atoms with Crippen LogP contribution in [0.4, 0.5) is 11.4 Å². The number of rotatable bonds is 2. The van der Waals surface area contributed by atoms with E-state index in [-0.39, 0.29) is 0 Å². The molecule has 0 spiro atoms. The van der Waals surface area contributed by atoms with Crippen LogP contribution in [-0.2, 0) is 6.54 Å². The van der Waals surface area contributed by atoms with Gasteiger partial charge < -0.3 is 10.2 Å². The Morgan fingerprint density at radius 2 is 1.84 bits per heavy atom. The van der Waals surface area contributed by atoms with Crippen LogP contribution in [-0.4, -0.2) is 13.1 Å². The summed E-state index contributed by atoms with van der Waals surface area (Å²) in [5.41, 5.74) is 5.37. The third-order valence-electron chi connectivity index (χ3n) is 3.79. The van der Waals surface area contributed by atoms with Crippen LogP contribution in [0.1, 0.15) is 17.5 Å². The van der Waals surface area contributed by atoms with Crippen molar-refractivity contribution in [3.63, 3.8) is 0 Å². The first-order chi connectivity index (χ1) is 9.34. The molecule has 0 aromatic heterocycles. The Labute approximate surface area is 115 Å². The number of para-hydroxylation sites is 2. The lowest BCUT2D eigenvalue weighted by Crippen LogP contribution is -2.23. The van der Waals surface area contributed by atoms with Gasteiger partial charge in [-0.25, -0.2) is 0 Å². The van der Waals surface area contributed by atoms with Gasteiger partial charge in [-0.2, -0.15) is 0 Å². The van der Waals surface area contributed by atoms with E-state index in [1.807, 2.05) is 0 Å². The lowest BCUT2D eigenvalue weighted by Gasteiger charge is -2.25. The van der Waals surface area contributed by atoms with E-state index in [0.29, 0.717) is 0 Å². The van der Waals surface area contributed by atoms with Gasteiger partial charge in [-0.15, -0.1) is 0 Å². The van der Waals surface area contributed by atoms with Crippen LogP contribution < -0.4 is 10.2 Å². The van der Waals surface area contributed by atoms with Crippen molar-refractivity contribution in [2.24, 2.45) is 0 Å². The number of nitrogens with zero attached hydrogens (tertiary/aromatic N) is 1. The molecule has 1 aliphatic rings. The van der Waals surface area contributed by atoms with Crippen LogP contribution >= 0.6 is 0 Å². The second-order valence-electron chi connectivity index (χ2n) is 5.15. The number of benzene rings is 2. The number of hydrogen-bond donors (Lipinski definition) is 1. The zero-order chi connectivity index (χ0) is 13.1. The summed E-state index contributed by atoms with van der Waals surface area (Å²) >= 11 is 0. The number of fused-ring (bicyclic) bond motifs is 1. The number of anilines is 2. The Bertz CT molecular complexity index is 563. The summed E-state index contributed by atoms with van der Waals surface area (Å²) in [4.78, 5) is 2.48. The van der Waals surface area contributed by atoms with E-state index in [2.05, 4.69) is 65.7 Å². The fourth-order valence-corrected chi connectivity index (χ4v) is 2.67. The van der Waals surface area contributed by atoms with E-state index in [9.17, 15) is 0 Å². The van der Waals surface area contributed by atoms with Crippen LogP contribution in [0.2, 0.25) is 0 Å². The van der Waals surface area contributed by atoms with Gasteiger partial charge in [0.25, 0.3) is 0 Å². The maximum Gasteiger partial charge on any atom is 0.0605 e. The lowest BCUT2D eigenvalue weighted by molar-refractivity contribution is 0.762. The molecule has 3 rings (SSSR count). The minimum Gasteiger partial charge on any atom is -0.383 e. The Morgan fingerprint density at radius 3 is 2.74 bits per heavy atom. The minimum atomic E-state index is 0.991. The first-order valence-electron chi connectivity index (χ1n) is 6.97. The third-order valence-corrected chi connectivity index (χ3v) is 3.79. The summed E-state index contributed by atoms with van der Waals surface area (Å²) in [6, 6.07) is 17.3. The topological polar surface area (TPSA) is 15.3 Å². The highest BCUT2D eigenvalue weighted by atomic mass is 15.2. The molecular weight excluding hydrogens is 232 g/mol. The molecule has 98 valence electrons. The van der Waals surface area contributed by atoms with Gasteiger partial charge in [0.05, 0.1) is 11.4 Å². The average molecular weight is 252 g/mol. The Balaban J connectivity index is 1.91. The summed E-state index contributed by atoms with van der Waals surface area (Å²) in [6.45, 7) is 5.35. The monoisotopic (exact) mass is 252 g/mol. The van der Waals surface area contributed by atoms with E-state index in [0.717, 1.165) is 19.6 Å². The average Bonchev–Trinajstić information content (AvgIpc) is 2.64. The van der Waals surface area contributed by atoms with Crippen LogP contribution in [0.25, 0.3) is 0 Å². The molecule has 0 bridgehead atoms. The zero-order valence-corrected chi connectivity index (χ0v) is 11.4. The Hall–Kier alpha value is -1.96. The van der Waals surface area contributed by atoms with E-state index < -0.39 is 0 Å².